The number of hydrogen-bond acceptors (Lipinski definition) is 5. The number of esters is 2. The average Bonchev–Trinajstić information content (AvgIpc) is 2.59. The van der Waals surface area contributed by atoms with Gasteiger partial charge in [-0.3, -0.25) is 0 Å². The van der Waals surface area contributed by atoms with Gasteiger partial charge in [-0.2, -0.15) is 5.26 Å². The van der Waals surface area contributed by atoms with E-state index in [1.54, 1.807) is 54.6 Å². The summed E-state index contributed by atoms with van der Waals surface area (Å²) in [7, 11) is 1.20. The Hall–Kier alpha value is -2.91. The lowest BCUT2D eigenvalue weighted by atomic mass is 10.1. The van der Waals surface area contributed by atoms with E-state index in [1.165, 1.54) is 13.2 Å². The van der Waals surface area contributed by atoms with E-state index in [0.717, 1.165) is 0 Å². The third-order valence-electron chi connectivity index (χ3n) is 3.00. The number of carbonyl (C=O) groups is 2. The lowest BCUT2D eigenvalue weighted by Crippen LogP contribution is -2.09. The van der Waals surface area contributed by atoms with Crippen molar-refractivity contribution in [2.45, 2.75) is 0 Å². The van der Waals surface area contributed by atoms with Crippen molar-refractivity contribution >= 4 is 33.9 Å². The van der Waals surface area contributed by atoms with Crippen LogP contribution in [0.2, 0.25) is 0 Å². The molecule has 0 aliphatic carbocycles. The number of nitriles is 1. The van der Waals surface area contributed by atoms with Gasteiger partial charge in [-0.05, 0) is 51.8 Å². The number of ether oxygens (including phenoxy) is 2. The first-order chi connectivity index (χ1) is 11.5. The molecule has 0 unspecified atom stereocenters. The largest absolute Gasteiger partial charge is 0.465 e. The Morgan fingerprint density at radius 1 is 1.17 bits per heavy atom. The summed E-state index contributed by atoms with van der Waals surface area (Å²) in [5.74, 6) is -0.947. The molecule has 5 nitrogen and oxygen atoms in total. The van der Waals surface area contributed by atoms with Gasteiger partial charge in [0.25, 0.3) is 0 Å². The molecule has 0 saturated heterocycles. The fourth-order valence-electron chi connectivity index (χ4n) is 1.87. The van der Waals surface area contributed by atoms with Gasteiger partial charge in [-0.25, -0.2) is 9.59 Å². The van der Waals surface area contributed by atoms with Gasteiger partial charge in [0.2, 0.25) is 0 Å². The summed E-state index contributed by atoms with van der Waals surface area (Å²) in [5.41, 5.74) is 0.784. The number of hydrogen-bond donors (Lipinski definition) is 0. The van der Waals surface area contributed by atoms with E-state index in [4.69, 9.17) is 10.00 Å². The second-order valence-electron chi connectivity index (χ2n) is 4.60. The maximum atomic E-state index is 12.2. The van der Waals surface area contributed by atoms with Crippen LogP contribution in [0.25, 0.3) is 6.08 Å². The molecule has 0 aliphatic heterocycles. The fourth-order valence-corrected chi connectivity index (χ4v) is 2.32. The summed E-state index contributed by atoms with van der Waals surface area (Å²) < 4.78 is 10.5. The highest BCUT2D eigenvalue weighted by Crippen LogP contribution is 2.21. The summed E-state index contributed by atoms with van der Waals surface area (Å²) in [6.45, 7) is 0. The molecule has 0 atom stereocenters. The Kier molecular flexibility index (Phi) is 5.88. The summed E-state index contributed by atoms with van der Waals surface area (Å²) in [5, 5.41) is 8.97. The summed E-state index contributed by atoms with van der Waals surface area (Å²) in [4.78, 5) is 23.6. The number of benzene rings is 2. The maximum absolute atomic E-state index is 12.2. The topological polar surface area (TPSA) is 76.4 Å². The number of rotatable bonds is 4. The van der Waals surface area contributed by atoms with Crippen molar-refractivity contribution in [1.29, 1.82) is 5.26 Å². The van der Waals surface area contributed by atoms with Gasteiger partial charge in [0.1, 0.15) is 17.4 Å². The van der Waals surface area contributed by atoms with Gasteiger partial charge < -0.3 is 9.47 Å². The summed E-state index contributed by atoms with van der Waals surface area (Å²) in [6, 6.07) is 15.2. The van der Waals surface area contributed by atoms with Crippen LogP contribution in [0.4, 0.5) is 0 Å². The van der Waals surface area contributed by atoms with Crippen molar-refractivity contribution < 1.29 is 19.1 Å². The Morgan fingerprint density at radius 3 is 2.58 bits per heavy atom. The van der Waals surface area contributed by atoms with E-state index in [2.05, 4.69) is 20.7 Å². The molecule has 2 aromatic rings. The summed E-state index contributed by atoms with van der Waals surface area (Å²) >= 11 is 3.29. The van der Waals surface area contributed by atoms with Crippen LogP contribution in [0.3, 0.4) is 0 Å². The van der Waals surface area contributed by atoms with E-state index in [1.807, 2.05) is 0 Å². The van der Waals surface area contributed by atoms with Crippen LogP contribution in [0.15, 0.2) is 58.6 Å². The highest BCUT2D eigenvalue weighted by atomic mass is 79.9. The molecule has 0 amide bonds. The van der Waals surface area contributed by atoms with Crippen LogP contribution < -0.4 is 4.74 Å². The molecular formula is C18H12BrNO4. The van der Waals surface area contributed by atoms with Crippen LogP contribution in [0, 0.1) is 11.3 Å². The molecule has 24 heavy (non-hydrogen) atoms. The molecule has 0 spiro atoms. The molecule has 2 rings (SSSR count). The molecule has 0 aliphatic rings. The molecule has 6 heteroatoms. The average molecular weight is 386 g/mol. The van der Waals surface area contributed by atoms with Crippen molar-refractivity contribution in [3.05, 3.63) is 69.7 Å². The molecule has 0 heterocycles. The van der Waals surface area contributed by atoms with Gasteiger partial charge in [-0.15, -0.1) is 0 Å². The number of halogens is 1. The Labute approximate surface area is 147 Å². The predicted octanol–water partition coefficient (Wildman–Crippen LogP) is 3.75. The molecule has 2 aromatic carbocycles. The van der Waals surface area contributed by atoms with E-state index < -0.39 is 11.9 Å². The predicted molar refractivity (Wildman–Crippen MR) is 91.1 cm³/mol. The molecule has 0 saturated carbocycles. The smallest absolute Gasteiger partial charge is 0.348 e. The number of carbonyl (C=O) groups excluding carboxylic acids is 2. The van der Waals surface area contributed by atoms with Gasteiger partial charge in [0, 0.05) is 4.47 Å². The van der Waals surface area contributed by atoms with Crippen molar-refractivity contribution in [2.75, 3.05) is 7.11 Å². The molecular weight excluding hydrogens is 374 g/mol. The lowest BCUT2D eigenvalue weighted by Gasteiger charge is -2.06. The van der Waals surface area contributed by atoms with Crippen LogP contribution in [0.5, 0.6) is 5.75 Å². The van der Waals surface area contributed by atoms with Gasteiger partial charge in [0.15, 0.2) is 0 Å². The van der Waals surface area contributed by atoms with Crippen molar-refractivity contribution in [1.82, 2.24) is 0 Å². The second kappa shape index (κ2) is 8.09. The van der Waals surface area contributed by atoms with Crippen LogP contribution in [-0.2, 0) is 9.53 Å². The molecule has 0 N–H and O–H groups in total. The van der Waals surface area contributed by atoms with E-state index in [9.17, 15) is 9.59 Å². The minimum atomic E-state index is -0.729. The molecule has 0 bridgehead atoms. The van der Waals surface area contributed by atoms with E-state index in [0.29, 0.717) is 21.3 Å². The second-order valence-corrected chi connectivity index (χ2v) is 5.46. The Balaban J connectivity index is 2.24. The van der Waals surface area contributed by atoms with Crippen molar-refractivity contribution in [3.63, 3.8) is 0 Å². The summed E-state index contributed by atoms with van der Waals surface area (Å²) in [6.07, 6.45) is 1.36. The SMILES string of the molecule is COC(=O)/C(C#N)=C/c1cccc(OC(=O)c2ccccc2Br)c1. The Morgan fingerprint density at radius 2 is 1.92 bits per heavy atom. The Bertz CT molecular complexity index is 852. The maximum Gasteiger partial charge on any atom is 0.348 e. The third kappa shape index (κ3) is 4.31. The number of methoxy groups -OCH3 is 1. The van der Waals surface area contributed by atoms with Crippen LogP contribution >= 0.6 is 15.9 Å². The first-order valence-corrected chi connectivity index (χ1v) is 7.61. The van der Waals surface area contributed by atoms with Crippen LogP contribution in [0.1, 0.15) is 15.9 Å². The monoisotopic (exact) mass is 385 g/mol. The zero-order valence-corrected chi connectivity index (χ0v) is 14.2. The number of nitrogens with zero attached hydrogens (tertiary/aromatic N) is 1. The molecule has 120 valence electrons. The minimum absolute atomic E-state index is 0.146. The molecule has 0 radical (unpaired) electrons. The minimum Gasteiger partial charge on any atom is -0.465 e. The normalized spacial score (nSPS) is 10.6. The lowest BCUT2D eigenvalue weighted by molar-refractivity contribution is -0.135. The first-order valence-electron chi connectivity index (χ1n) is 6.82. The standard InChI is InChI=1S/C18H12BrNO4/c1-23-17(21)13(11-20)9-12-5-4-6-14(10-12)24-18(22)15-7-2-3-8-16(15)19/h2-10H,1H3/b13-9+. The molecule has 0 fully saturated rings. The quantitative estimate of drug-likeness (QED) is 0.346. The van der Waals surface area contributed by atoms with Gasteiger partial charge in [-0.1, -0.05) is 24.3 Å². The highest BCUT2D eigenvalue weighted by Gasteiger charge is 2.13. The first kappa shape index (κ1) is 17.4. The van der Waals surface area contributed by atoms with Crippen molar-refractivity contribution in [2.24, 2.45) is 0 Å². The van der Waals surface area contributed by atoms with Crippen molar-refractivity contribution in [3.8, 4) is 11.8 Å². The van der Waals surface area contributed by atoms with Crippen LogP contribution in [-0.4, -0.2) is 19.0 Å². The van der Waals surface area contributed by atoms with Gasteiger partial charge in [0.05, 0.1) is 12.7 Å². The van der Waals surface area contributed by atoms with E-state index in [-0.39, 0.29) is 5.57 Å². The van der Waals surface area contributed by atoms with Gasteiger partial charge >= 0.3 is 11.9 Å². The molecule has 0 aromatic heterocycles. The fraction of sp³-hybridized carbons (Fsp3) is 0.0556. The zero-order valence-electron chi connectivity index (χ0n) is 12.7. The van der Waals surface area contributed by atoms with E-state index >= 15 is 0 Å². The highest BCUT2D eigenvalue weighted by molar-refractivity contribution is 9.10. The third-order valence-corrected chi connectivity index (χ3v) is 3.69. The zero-order chi connectivity index (χ0) is 17.5.